The smallest absolute Gasteiger partial charge is 0.251 e. The molecule has 1 aromatic rings. The van der Waals surface area contributed by atoms with Crippen molar-refractivity contribution in [2.75, 3.05) is 32.7 Å². The first-order valence-electron chi connectivity index (χ1n) is 9.36. The summed E-state index contributed by atoms with van der Waals surface area (Å²) in [6.45, 7) is 4.92. The monoisotopic (exact) mass is 558 g/mol. The molecule has 2 N–H and O–H groups in total. The van der Waals surface area contributed by atoms with E-state index >= 15 is 0 Å². The summed E-state index contributed by atoms with van der Waals surface area (Å²) in [5.41, 5.74) is 1.30. The molecule has 1 fully saturated rings. The average molecular weight is 559 g/mol. The Morgan fingerprint density at radius 2 is 2.07 bits per heavy atom. The fourth-order valence-electron chi connectivity index (χ4n) is 3.13. The number of halogens is 4. The van der Waals surface area contributed by atoms with Crippen LogP contribution in [0.3, 0.4) is 0 Å². The molecule has 0 atom stereocenters. The van der Waals surface area contributed by atoms with Gasteiger partial charge in [0, 0.05) is 36.7 Å². The number of hydrogen-bond donors (Lipinski definition) is 2. The minimum Gasteiger partial charge on any atom is -0.357 e. The van der Waals surface area contributed by atoms with Gasteiger partial charge in [-0.3, -0.25) is 9.89 Å². The Labute approximate surface area is 186 Å². The number of likely N-dealkylation sites (tertiary alicyclic amines) is 1. The van der Waals surface area contributed by atoms with Crippen molar-refractivity contribution in [2.24, 2.45) is 4.99 Å². The summed E-state index contributed by atoms with van der Waals surface area (Å²) in [5.74, 6) is 0.828. The molecule has 1 saturated heterocycles. The zero-order valence-corrected chi connectivity index (χ0v) is 19.7. The third kappa shape index (κ3) is 10.0. The van der Waals surface area contributed by atoms with E-state index in [9.17, 15) is 8.78 Å². The van der Waals surface area contributed by atoms with Crippen LogP contribution in [-0.4, -0.2) is 56.1 Å². The number of guanidine groups is 1. The summed E-state index contributed by atoms with van der Waals surface area (Å²) in [4.78, 5) is 6.50. The number of hydrogen-bond acceptors (Lipinski definition) is 2. The Morgan fingerprint density at radius 1 is 1.33 bits per heavy atom. The van der Waals surface area contributed by atoms with Gasteiger partial charge in [0.05, 0.1) is 6.54 Å². The van der Waals surface area contributed by atoms with E-state index in [4.69, 9.17) is 0 Å². The van der Waals surface area contributed by atoms with Gasteiger partial charge >= 0.3 is 0 Å². The molecule has 8 heteroatoms. The minimum atomic E-state index is -2.25. The van der Waals surface area contributed by atoms with Gasteiger partial charge in [0.2, 0.25) is 0 Å². The van der Waals surface area contributed by atoms with Gasteiger partial charge in [0.15, 0.2) is 5.96 Å². The zero-order valence-electron chi connectivity index (χ0n) is 15.8. The van der Waals surface area contributed by atoms with Crippen molar-refractivity contribution < 1.29 is 8.78 Å². The van der Waals surface area contributed by atoms with Crippen LogP contribution < -0.4 is 10.6 Å². The highest BCUT2D eigenvalue weighted by Gasteiger charge is 2.21. The molecule has 0 radical (unpaired) electrons. The zero-order chi connectivity index (χ0) is 18.8. The van der Waals surface area contributed by atoms with Crippen molar-refractivity contribution in [2.45, 2.75) is 45.1 Å². The van der Waals surface area contributed by atoms with Gasteiger partial charge in [-0.2, -0.15) is 0 Å². The van der Waals surface area contributed by atoms with E-state index in [1.54, 1.807) is 0 Å². The van der Waals surface area contributed by atoms with Crippen LogP contribution in [-0.2, 0) is 6.42 Å². The van der Waals surface area contributed by atoms with E-state index in [0.717, 1.165) is 49.2 Å². The van der Waals surface area contributed by atoms with E-state index in [1.165, 1.54) is 5.56 Å². The fourth-order valence-corrected chi connectivity index (χ4v) is 3.58. The third-order valence-electron chi connectivity index (χ3n) is 4.45. The number of nitrogens with one attached hydrogen (secondary N) is 2. The fraction of sp³-hybridized carbons (Fsp3) is 0.632. The molecular weight excluding hydrogens is 529 g/mol. The Balaban J connectivity index is 0.00000364. The molecular formula is C19H30BrF2IN4. The van der Waals surface area contributed by atoms with Crippen molar-refractivity contribution >= 4 is 45.9 Å². The molecule has 27 heavy (non-hydrogen) atoms. The van der Waals surface area contributed by atoms with E-state index in [2.05, 4.69) is 49.8 Å². The number of alkyl halides is 2. The largest absolute Gasteiger partial charge is 0.357 e. The van der Waals surface area contributed by atoms with Gasteiger partial charge in [-0.05, 0) is 50.3 Å². The maximum absolute atomic E-state index is 12.5. The standard InChI is InChI=1S/C19H29BrF2N4.HI/c1-2-23-19(24-10-4-6-15-5-3-7-16(20)13-15)25-17-8-11-26(12-9-17)14-18(21)22;/h3,5,7,13,17-18H,2,4,6,8-12,14H2,1H3,(H2,23,24,25);1H. The van der Waals surface area contributed by atoms with Crippen molar-refractivity contribution in [1.29, 1.82) is 0 Å². The molecule has 2 rings (SSSR count). The number of benzene rings is 1. The van der Waals surface area contributed by atoms with Crippen LogP contribution in [0.4, 0.5) is 8.78 Å². The molecule has 1 aliphatic heterocycles. The molecule has 0 amide bonds. The van der Waals surface area contributed by atoms with Crippen LogP contribution in [0.15, 0.2) is 33.7 Å². The molecule has 0 bridgehead atoms. The first-order valence-corrected chi connectivity index (χ1v) is 10.2. The number of rotatable bonds is 8. The Kier molecular flexibility index (Phi) is 12.4. The second kappa shape index (κ2) is 13.7. The lowest BCUT2D eigenvalue weighted by Crippen LogP contribution is -2.49. The molecule has 0 aromatic heterocycles. The lowest BCUT2D eigenvalue weighted by atomic mass is 10.1. The van der Waals surface area contributed by atoms with Crippen molar-refractivity contribution in [3.63, 3.8) is 0 Å². The molecule has 1 aliphatic rings. The van der Waals surface area contributed by atoms with Crippen LogP contribution in [0.25, 0.3) is 0 Å². The first-order chi connectivity index (χ1) is 12.6. The molecule has 154 valence electrons. The van der Waals surface area contributed by atoms with Crippen molar-refractivity contribution in [3.05, 3.63) is 34.3 Å². The Morgan fingerprint density at radius 3 is 2.70 bits per heavy atom. The summed E-state index contributed by atoms with van der Waals surface area (Å²) in [6, 6.07) is 8.65. The van der Waals surface area contributed by atoms with Crippen molar-refractivity contribution in [1.82, 2.24) is 15.5 Å². The molecule has 4 nitrogen and oxygen atoms in total. The van der Waals surface area contributed by atoms with Crippen LogP contribution in [0.1, 0.15) is 31.7 Å². The number of aryl methyl sites for hydroxylation is 1. The maximum Gasteiger partial charge on any atom is 0.251 e. The Bertz CT molecular complexity index is 566. The lowest BCUT2D eigenvalue weighted by molar-refractivity contribution is 0.0744. The second-order valence-corrected chi connectivity index (χ2v) is 7.52. The predicted molar refractivity (Wildman–Crippen MR) is 122 cm³/mol. The molecule has 0 saturated carbocycles. The van der Waals surface area contributed by atoms with Crippen LogP contribution in [0, 0.1) is 0 Å². The van der Waals surface area contributed by atoms with E-state index in [1.807, 2.05) is 17.9 Å². The topological polar surface area (TPSA) is 39.7 Å². The highest BCUT2D eigenvalue weighted by Crippen LogP contribution is 2.13. The summed E-state index contributed by atoms with van der Waals surface area (Å²) in [5, 5.41) is 6.73. The highest BCUT2D eigenvalue weighted by molar-refractivity contribution is 14.0. The molecule has 0 unspecified atom stereocenters. The molecule has 0 spiro atoms. The van der Waals surface area contributed by atoms with E-state index in [-0.39, 0.29) is 30.5 Å². The normalized spacial score (nSPS) is 16.3. The van der Waals surface area contributed by atoms with E-state index < -0.39 is 6.43 Å². The van der Waals surface area contributed by atoms with Gasteiger partial charge in [0.25, 0.3) is 6.43 Å². The summed E-state index contributed by atoms with van der Waals surface area (Å²) in [7, 11) is 0. The van der Waals surface area contributed by atoms with Crippen molar-refractivity contribution in [3.8, 4) is 0 Å². The third-order valence-corrected chi connectivity index (χ3v) is 4.94. The van der Waals surface area contributed by atoms with Gasteiger partial charge in [-0.15, -0.1) is 24.0 Å². The van der Waals surface area contributed by atoms with Crippen LogP contribution >= 0.6 is 39.9 Å². The molecule has 0 aliphatic carbocycles. The Hall–Kier alpha value is -0.480. The second-order valence-electron chi connectivity index (χ2n) is 6.60. The number of piperidine rings is 1. The van der Waals surface area contributed by atoms with E-state index in [0.29, 0.717) is 19.1 Å². The molecule has 1 aromatic carbocycles. The van der Waals surface area contributed by atoms with Gasteiger partial charge in [-0.25, -0.2) is 8.78 Å². The first kappa shape index (κ1) is 24.6. The quantitative estimate of drug-likeness (QED) is 0.216. The minimum absolute atomic E-state index is 0. The average Bonchev–Trinajstić information content (AvgIpc) is 2.60. The number of nitrogens with zero attached hydrogens (tertiary/aromatic N) is 2. The maximum atomic E-state index is 12.5. The van der Waals surface area contributed by atoms with Gasteiger partial charge in [0.1, 0.15) is 0 Å². The number of aliphatic imine (C=N–C) groups is 1. The summed E-state index contributed by atoms with van der Waals surface area (Å²) >= 11 is 3.49. The van der Waals surface area contributed by atoms with Gasteiger partial charge < -0.3 is 10.6 Å². The lowest BCUT2D eigenvalue weighted by Gasteiger charge is -2.32. The summed E-state index contributed by atoms with van der Waals surface area (Å²) < 4.78 is 26.0. The summed E-state index contributed by atoms with van der Waals surface area (Å²) in [6.07, 6.45) is 1.47. The van der Waals surface area contributed by atoms with Crippen LogP contribution in [0.2, 0.25) is 0 Å². The SMILES string of the molecule is CCNC(=NCCCc1cccc(Br)c1)NC1CCN(CC(F)F)CC1.I. The van der Waals surface area contributed by atoms with Gasteiger partial charge in [-0.1, -0.05) is 28.1 Å². The molecule has 1 heterocycles. The predicted octanol–water partition coefficient (Wildman–Crippen LogP) is 4.28. The highest BCUT2D eigenvalue weighted by atomic mass is 127. The van der Waals surface area contributed by atoms with Crippen LogP contribution in [0.5, 0.6) is 0 Å².